The number of sulfonamides is 1. The van der Waals surface area contributed by atoms with E-state index in [2.05, 4.69) is 5.32 Å². The van der Waals surface area contributed by atoms with E-state index in [0.29, 0.717) is 11.4 Å². The van der Waals surface area contributed by atoms with Crippen molar-refractivity contribution in [1.29, 1.82) is 0 Å². The number of carbonyl (C=O) groups is 1. The monoisotopic (exact) mass is 436 g/mol. The fourth-order valence-electron chi connectivity index (χ4n) is 3.44. The smallest absolute Gasteiger partial charge is 0.264 e. The minimum atomic E-state index is -3.96. The molecular weight excluding hydrogens is 412 g/mol. The van der Waals surface area contributed by atoms with Crippen LogP contribution in [0.1, 0.15) is 31.2 Å². The van der Waals surface area contributed by atoms with Crippen LogP contribution in [0.15, 0.2) is 47.4 Å². The maximum absolute atomic E-state index is 13.4. The van der Waals surface area contributed by atoms with Gasteiger partial charge in [-0.3, -0.25) is 9.10 Å². The number of rotatable bonds is 7. The fourth-order valence-corrected chi connectivity index (χ4v) is 5.10. The van der Waals surface area contributed by atoms with Crippen molar-refractivity contribution in [2.45, 2.75) is 43.5 Å². The van der Waals surface area contributed by atoms with Crippen LogP contribution in [0.3, 0.4) is 0 Å². The lowest BCUT2D eigenvalue weighted by Gasteiger charge is -2.25. The van der Waals surface area contributed by atoms with Crippen molar-refractivity contribution in [3.8, 4) is 5.75 Å². The van der Waals surface area contributed by atoms with E-state index in [0.717, 1.165) is 35.6 Å². The molecule has 0 aromatic heterocycles. The first kappa shape index (κ1) is 21.5. The first-order valence-electron chi connectivity index (χ1n) is 9.53. The molecule has 8 heteroatoms. The van der Waals surface area contributed by atoms with E-state index in [1.54, 1.807) is 24.3 Å². The zero-order valence-electron chi connectivity index (χ0n) is 16.5. The highest BCUT2D eigenvalue weighted by Crippen LogP contribution is 2.32. The lowest BCUT2D eigenvalue weighted by atomic mass is 10.2. The number of aryl methyl sites for hydroxylation is 1. The quantitative estimate of drug-likeness (QED) is 0.713. The van der Waals surface area contributed by atoms with E-state index in [4.69, 9.17) is 16.3 Å². The molecule has 2 aromatic carbocycles. The fraction of sp³-hybridized carbons (Fsp3) is 0.381. The summed E-state index contributed by atoms with van der Waals surface area (Å²) in [7, 11) is -2.48. The molecule has 1 aliphatic rings. The van der Waals surface area contributed by atoms with Gasteiger partial charge >= 0.3 is 0 Å². The highest BCUT2D eigenvalue weighted by Gasteiger charge is 2.29. The van der Waals surface area contributed by atoms with Crippen molar-refractivity contribution >= 4 is 33.2 Å². The summed E-state index contributed by atoms with van der Waals surface area (Å²) < 4.78 is 33.0. The number of carbonyl (C=O) groups excluding carboxylic acids is 1. The number of benzene rings is 2. The number of ether oxygens (including phenoxy) is 1. The summed E-state index contributed by atoms with van der Waals surface area (Å²) in [6.07, 6.45) is 3.99. The minimum absolute atomic E-state index is 0.103. The molecule has 2 aromatic rings. The molecule has 0 bridgehead atoms. The summed E-state index contributed by atoms with van der Waals surface area (Å²) in [5, 5.41) is 3.22. The van der Waals surface area contributed by atoms with Crippen LogP contribution < -0.4 is 14.4 Å². The molecule has 1 fully saturated rings. The van der Waals surface area contributed by atoms with Crippen LogP contribution in [0.5, 0.6) is 5.75 Å². The highest BCUT2D eigenvalue weighted by atomic mass is 35.5. The summed E-state index contributed by atoms with van der Waals surface area (Å²) >= 11 is 6.22. The molecule has 0 unspecified atom stereocenters. The molecule has 6 nitrogen and oxygen atoms in total. The topological polar surface area (TPSA) is 75.7 Å². The Morgan fingerprint density at radius 1 is 1.17 bits per heavy atom. The molecule has 1 saturated carbocycles. The van der Waals surface area contributed by atoms with Crippen LogP contribution >= 0.6 is 11.6 Å². The van der Waals surface area contributed by atoms with Gasteiger partial charge in [-0.1, -0.05) is 42.1 Å². The zero-order valence-corrected chi connectivity index (χ0v) is 18.1. The molecule has 1 N–H and O–H groups in total. The van der Waals surface area contributed by atoms with E-state index in [1.165, 1.54) is 25.3 Å². The second-order valence-electron chi connectivity index (χ2n) is 7.19. The molecule has 0 saturated heterocycles. The lowest BCUT2D eigenvalue weighted by Crippen LogP contribution is -2.43. The Morgan fingerprint density at radius 2 is 1.83 bits per heavy atom. The van der Waals surface area contributed by atoms with Crippen molar-refractivity contribution in [2.24, 2.45) is 0 Å². The summed E-state index contributed by atoms with van der Waals surface area (Å²) in [6.45, 7) is 1.56. The Bertz CT molecular complexity index is 971. The van der Waals surface area contributed by atoms with Gasteiger partial charge in [0.2, 0.25) is 5.91 Å². The van der Waals surface area contributed by atoms with Gasteiger partial charge in [-0.05, 0) is 50.1 Å². The Kier molecular flexibility index (Phi) is 6.70. The van der Waals surface area contributed by atoms with E-state index >= 15 is 0 Å². The largest absolute Gasteiger partial charge is 0.495 e. The average Bonchev–Trinajstić information content (AvgIpc) is 3.19. The zero-order chi connectivity index (χ0) is 21.0. The number of nitrogens with one attached hydrogen (secondary N) is 1. The van der Waals surface area contributed by atoms with Gasteiger partial charge < -0.3 is 10.1 Å². The van der Waals surface area contributed by atoms with Gasteiger partial charge in [0, 0.05) is 6.04 Å². The van der Waals surface area contributed by atoms with Gasteiger partial charge in [0.15, 0.2) is 0 Å². The van der Waals surface area contributed by atoms with Gasteiger partial charge in [-0.25, -0.2) is 8.42 Å². The standard InChI is InChI=1S/C21H25ClN2O4S/c1-15-7-10-18(11-8-15)29(26,27)24(14-21(25)23-16-5-3-4-6-16)17-9-12-20(28-2)19(22)13-17/h7-13,16H,3-6,14H2,1-2H3,(H,23,25). The molecule has 1 aliphatic carbocycles. The molecular formula is C21H25ClN2O4S. The number of anilines is 1. The van der Waals surface area contributed by atoms with Gasteiger partial charge in [-0.2, -0.15) is 0 Å². The molecule has 156 valence electrons. The second kappa shape index (κ2) is 9.05. The first-order chi connectivity index (χ1) is 13.8. The molecule has 0 aliphatic heterocycles. The maximum Gasteiger partial charge on any atom is 0.264 e. The number of hydrogen-bond donors (Lipinski definition) is 1. The summed E-state index contributed by atoms with van der Waals surface area (Å²) in [6, 6.07) is 11.3. The van der Waals surface area contributed by atoms with Crippen LogP contribution in [-0.2, 0) is 14.8 Å². The van der Waals surface area contributed by atoms with Crippen LogP contribution in [-0.4, -0.2) is 34.0 Å². The highest BCUT2D eigenvalue weighted by molar-refractivity contribution is 7.92. The molecule has 0 radical (unpaired) electrons. The SMILES string of the molecule is COc1ccc(N(CC(=O)NC2CCCC2)S(=O)(=O)c2ccc(C)cc2)cc1Cl. The van der Waals surface area contributed by atoms with Crippen molar-refractivity contribution in [3.63, 3.8) is 0 Å². The number of halogens is 1. The van der Waals surface area contributed by atoms with E-state index in [1.807, 2.05) is 6.92 Å². The van der Waals surface area contributed by atoms with Gasteiger partial charge in [-0.15, -0.1) is 0 Å². The van der Waals surface area contributed by atoms with E-state index in [9.17, 15) is 13.2 Å². The predicted octanol–water partition coefficient (Wildman–Crippen LogP) is 3.91. The van der Waals surface area contributed by atoms with Crippen LogP contribution in [0.2, 0.25) is 5.02 Å². The summed E-state index contributed by atoms with van der Waals surface area (Å²) in [4.78, 5) is 12.8. The van der Waals surface area contributed by atoms with Gasteiger partial charge in [0.25, 0.3) is 10.0 Å². The number of amides is 1. The van der Waals surface area contributed by atoms with Crippen LogP contribution in [0.25, 0.3) is 0 Å². The van der Waals surface area contributed by atoms with Gasteiger partial charge in [0.1, 0.15) is 12.3 Å². The molecule has 1 amide bonds. The van der Waals surface area contributed by atoms with E-state index in [-0.39, 0.29) is 28.4 Å². The van der Waals surface area contributed by atoms with Crippen molar-refractivity contribution in [1.82, 2.24) is 5.32 Å². The minimum Gasteiger partial charge on any atom is -0.495 e. The first-order valence-corrected chi connectivity index (χ1v) is 11.4. The normalized spacial score (nSPS) is 14.6. The summed E-state index contributed by atoms with van der Waals surface area (Å²) in [5.41, 5.74) is 1.25. The predicted molar refractivity (Wildman–Crippen MR) is 114 cm³/mol. The Morgan fingerprint density at radius 3 is 2.41 bits per heavy atom. The number of methoxy groups -OCH3 is 1. The Balaban J connectivity index is 1.95. The van der Waals surface area contributed by atoms with Crippen molar-refractivity contribution in [2.75, 3.05) is 18.0 Å². The van der Waals surface area contributed by atoms with Gasteiger partial charge in [0.05, 0.1) is 22.7 Å². The third-order valence-corrected chi connectivity index (χ3v) is 7.12. The van der Waals surface area contributed by atoms with Crippen molar-refractivity contribution < 1.29 is 17.9 Å². The second-order valence-corrected chi connectivity index (χ2v) is 9.46. The van der Waals surface area contributed by atoms with Crippen molar-refractivity contribution in [3.05, 3.63) is 53.1 Å². The molecule has 0 spiro atoms. The number of nitrogens with zero attached hydrogens (tertiary/aromatic N) is 1. The molecule has 3 rings (SSSR count). The summed E-state index contributed by atoms with van der Waals surface area (Å²) in [5.74, 6) is 0.0954. The van der Waals surface area contributed by atoms with Crippen LogP contribution in [0, 0.1) is 6.92 Å². The average molecular weight is 437 g/mol. The molecule has 0 atom stereocenters. The molecule has 0 heterocycles. The maximum atomic E-state index is 13.4. The third-order valence-electron chi connectivity index (χ3n) is 5.04. The lowest BCUT2D eigenvalue weighted by molar-refractivity contribution is -0.120. The third kappa shape index (κ3) is 5.03. The number of hydrogen-bond acceptors (Lipinski definition) is 4. The van der Waals surface area contributed by atoms with E-state index < -0.39 is 10.0 Å². The molecule has 29 heavy (non-hydrogen) atoms. The Labute approximate surface area is 176 Å². The Hall–Kier alpha value is -2.25. The van der Waals surface area contributed by atoms with Crippen LogP contribution in [0.4, 0.5) is 5.69 Å².